The number of aryl methyl sites for hydroxylation is 1. The number of nitrogens with zero attached hydrogens (tertiary/aromatic N) is 1. The van der Waals surface area contributed by atoms with E-state index in [0.717, 1.165) is 15.9 Å². The van der Waals surface area contributed by atoms with Crippen LogP contribution in [0.25, 0.3) is 0 Å². The number of sulfonamides is 1. The van der Waals surface area contributed by atoms with E-state index in [1.165, 1.54) is 4.31 Å². The monoisotopic (exact) mass is 506 g/mol. The van der Waals surface area contributed by atoms with Gasteiger partial charge in [-0.25, -0.2) is 8.42 Å². The van der Waals surface area contributed by atoms with Crippen molar-refractivity contribution in [1.82, 2.24) is 4.31 Å². The molecule has 1 heterocycles. The van der Waals surface area contributed by atoms with Gasteiger partial charge in [0.15, 0.2) is 0 Å². The average Bonchev–Trinajstić information content (AvgIpc) is 2.86. The van der Waals surface area contributed by atoms with Crippen molar-refractivity contribution in [2.75, 3.05) is 13.2 Å². The molecule has 0 bridgehead atoms. The van der Waals surface area contributed by atoms with Crippen molar-refractivity contribution < 1.29 is 14.2 Å². The quantitative estimate of drug-likeness (QED) is 0.339. The van der Waals surface area contributed by atoms with Crippen molar-refractivity contribution in [3.8, 4) is 0 Å². The van der Waals surface area contributed by atoms with Gasteiger partial charge >= 0.3 is 0 Å². The van der Waals surface area contributed by atoms with Crippen LogP contribution in [0.4, 0.5) is 0 Å². The maximum absolute atomic E-state index is 13.7. The van der Waals surface area contributed by atoms with Crippen LogP contribution in [-0.4, -0.2) is 40.2 Å². The van der Waals surface area contributed by atoms with Crippen molar-refractivity contribution >= 4 is 28.7 Å². The van der Waals surface area contributed by atoms with Gasteiger partial charge in [-0.3, -0.25) is 0 Å². The number of hydrogen-bond donors (Lipinski definition) is 0. The lowest BCUT2D eigenvalue weighted by atomic mass is 10.1. The summed E-state index contributed by atoms with van der Waals surface area (Å²) in [5, 5.41) is 2.02. The highest BCUT2D eigenvalue weighted by molar-refractivity contribution is 7.89. The molecule has 6 heteroatoms. The molecule has 0 amide bonds. The second-order valence-electron chi connectivity index (χ2n) is 10.0. The predicted molar refractivity (Wildman–Crippen MR) is 146 cm³/mol. The van der Waals surface area contributed by atoms with E-state index in [1.807, 2.05) is 43.3 Å². The van der Waals surface area contributed by atoms with Crippen LogP contribution >= 0.6 is 0 Å². The molecule has 1 aliphatic rings. The molecule has 1 aliphatic heterocycles. The van der Waals surface area contributed by atoms with Crippen LogP contribution in [0, 0.1) is 6.92 Å². The average molecular weight is 507 g/mol. The van der Waals surface area contributed by atoms with E-state index in [9.17, 15) is 8.42 Å². The lowest BCUT2D eigenvalue weighted by Crippen LogP contribution is -2.67. The molecule has 3 aromatic carbocycles. The molecule has 3 aromatic rings. The molecule has 0 aromatic heterocycles. The van der Waals surface area contributed by atoms with Gasteiger partial charge in [-0.1, -0.05) is 111 Å². The van der Waals surface area contributed by atoms with E-state index < -0.39 is 30.8 Å². The molecule has 1 unspecified atom stereocenters. The third kappa shape index (κ3) is 5.07. The summed E-state index contributed by atoms with van der Waals surface area (Å²) in [7, 11) is -6.66. The van der Waals surface area contributed by atoms with Gasteiger partial charge in [0.25, 0.3) is 8.32 Å². The zero-order chi connectivity index (χ0) is 26.0. The van der Waals surface area contributed by atoms with Gasteiger partial charge in [-0.15, -0.1) is 0 Å². The van der Waals surface area contributed by atoms with Gasteiger partial charge in [0.1, 0.15) is 0 Å². The van der Waals surface area contributed by atoms with Crippen LogP contribution in [0.3, 0.4) is 0 Å². The fraction of sp³-hybridized carbons (Fsp3) is 0.310. The zero-order valence-corrected chi connectivity index (χ0v) is 22.7. The first-order valence-corrected chi connectivity index (χ1v) is 15.3. The van der Waals surface area contributed by atoms with Crippen LogP contribution in [0.1, 0.15) is 34.1 Å². The molecule has 0 aliphatic carbocycles. The maximum Gasteiger partial charge on any atom is 0.261 e. The van der Waals surface area contributed by atoms with E-state index in [0.29, 0.717) is 0 Å². The second-order valence-corrected chi connectivity index (χ2v) is 16.2. The minimum absolute atomic E-state index is 0.136. The Hall–Kier alpha value is -2.51. The van der Waals surface area contributed by atoms with Crippen molar-refractivity contribution in [2.24, 2.45) is 0 Å². The summed E-state index contributed by atoms with van der Waals surface area (Å²) in [5.74, 6) is 0. The molecule has 0 N–H and O–H groups in total. The molecule has 0 fully saturated rings. The van der Waals surface area contributed by atoms with E-state index in [1.54, 1.807) is 36.4 Å². The largest absolute Gasteiger partial charge is 0.406 e. The van der Waals surface area contributed by atoms with Gasteiger partial charge in [0.2, 0.25) is 10.0 Å². The van der Waals surface area contributed by atoms with Crippen molar-refractivity contribution in [3.05, 3.63) is 103 Å². The van der Waals surface area contributed by atoms with E-state index in [2.05, 4.69) is 45.0 Å². The van der Waals surface area contributed by atoms with Crippen molar-refractivity contribution in [1.29, 1.82) is 0 Å². The molecule has 2 atom stereocenters. The van der Waals surface area contributed by atoms with Crippen molar-refractivity contribution in [2.45, 2.75) is 50.1 Å². The SMILES string of the molecule is [2H]C1C=CCN(S(=O)(=O)c2ccc(C)cc2)[C@@H]1CO[Si](c1ccccc1)(c1ccccc1)C(C)(C)C. The van der Waals surface area contributed by atoms with Gasteiger partial charge in [0, 0.05) is 7.92 Å². The molecule has 0 saturated heterocycles. The highest BCUT2D eigenvalue weighted by Crippen LogP contribution is 2.37. The maximum atomic E-state index is 13.7. The molecular weight excluding hydrogens is 470 g/mol. The van der Waals surface area contributed by atoms with Gasteiger partial charge in [-0.2, -0.15) is 4.31 Å². The van der Waals surface area contributed by atoms with E-state index in [-0.39, 0.29) is 23.1 Å². The summed E-state index contributed by atoms with van der Waals surface area (Å²) >= 11 is 0. The topological polar surface area (TPSA) is 46.6 Å². The van der Waals surface area contributed by atoms with Crippen molar-refractivity contribution in [3.63, 3.8) is 0 Å². The lowest BCUT2D eigenvalue weighted by molar-refractivity contribution is 0.198. The Kier molecular flexibility index (Phi) is 7.07. The second kappa shape index (κ2) is 10.2. The van der Waals surface area contributed by atoms with Crippen LogP contribution in [-0.2, 0) is 14.4 Å². The smallest absolute Gasteiger partial charge is 0.261 e. The summed E-state index contributed by atoms with van der Waals surface area (Å²) in [6, 6.07) is 26.8. The third-order valence-corrected chi connectivity index (χ3v) is 13.5. The fourth-order valence-corrected chi connectivity index (χ4v) is 10.9. The summed E-state index contributed by atoms with van der Waals surface area (Å²) in [6.07, 6.45) is 2.82. The van der Waals surface area contributed by atoms with Gasteiger partial charge in [0.05, 0.1) is 17.5 Å². The molecule has 0 radical (unpaired) electrons. The van der Waals surface area contributed by atoms with Gasteiger partial charge in [-0.05, 0) is 40.9 Å². The summed E-state index contributed by atoms with van der Waals surface area (Å²) in [6.45, 7) is 8.87. The lowest BCUT2D eigenvalue weighted by Gasteiger charge is -2.44. The number of hydrogen-bond acceptors (Lipinski definition) is 3. The van der Waals surface area contributed by atoms with Crippen LogP contribution < -0.4 is 10.4 Å². The number of benzene rings is 3. The Morgan fingerprint density at radius 1 is 0.914 bits per heavy atom. The first kappa shape index (κ1) is 24.2. The van der Waals surface area contributed by atoms with Crippen LogP contribution in [0.5, 0.6) is 0 Å². The van der Waals surface area contributed by atoms with E-state index in [4.69, 9.17) is 5.80 Å². The molecule has 4 nitrogen and oxygen atoms in total. The first-order valence-electron chi connectivity index (χ1n) is 12.6. The normalized spacial score (nSPS) is 19.9. The standard InChI is InChI=1S/C29H35NO3SSi/c1-24-18-20-26(21-19-24)34(31,32)30-22-12-11-13-25(30)23-33-35(29(2,3)4,27-14-7-5-8-15-27)28-16-9-6-10-17-28/h5-12,14-21,25H,13,22-23H2,1-4H3/t25-/m0/s1/i13D/t13?,25-. The Morgan fingerprint density at radius 3 is 1.97 bits per heavy atom. The summed E-state index contributed by atoms with van der Waals surface area (Å²) < 4.78 is 44.6. The molecule has 0 spiro atoms. The Labute approximate surface area is 212 Å². The molecule has 35 heavy (non-hydrogen) atoms. The minimum Gasteiger partial charge on any atom is -0.406 e. The van der Waals surface area contributed by atoms with E-state index >= 15 is 0 Å². The molecule has 184 valence electrons. The Balaban J connectivity index is 1.76. The Morgan fingerprint density at radius 2 is 1.46 bits per heavy atom. The minimum atomic E-state index is -3.80. The molecule has 0 saturated carbocycles. The highest BCUT2D eigenvalue weighted by Gasteiger charge is 2.50. The number of rotatable bonds is 7. The van der Waals surface area contributed by atoms with Crippen LogP contribution in [0.15, 0.2) is 102 Å². The predicted octanol–water partition coefficient (Wildman–Crippen LogP) is 4.89. The summed E-state index contributed by atoms with van der Waals surface area (Å²) in [5.41, 5.74) is 0.998. The summed E-state index contributed by atoms with van der Waals surface area (Å²) in [4.78, 5) is 0.242. The Bertz CT molecular complexity index is 1250. The fourth-order valence-electron chi connectivity index (χ4n) is 4.84. The highest BCUT2D eigenvalue weighted by atomic mass is 32.2. The van der Waals surface area contributed by atoms with Gasteiger partial charge < -0.3 is 4.43 Å². The zero-order valence-electron chi connectivity index (χ0n) is 21.9. The van der Waals surface area contributed by atoms with Crippen LogP contribution in [0.2, 0.25) is 5.04 Å². The molecular formula is C29H35NO3SSi. The molecule has 4 rings (SSSR count). The third-order valence-electron chi connectivity index (χ3n) is 6.64. The first-order chi connectivity index (χ1) is 17.1.